The Morgan fingerprint density at radius 1 is 1.64 bits per heavy atom. The number of aliphatic imine (C=N–C) groups is 1. The highest BCUT2D eigenvalue weighted by atomic mass is 16.5. The maximum absolute atomic E-state index is 5.46. The van der Waals surface area contributed by atoms with Crippen molar-refractivity contribution in [1.82, 2.24) is 4.98 Å². The standard InChI is InChI=1S/C11H14N2O/c1-3-10(7-12-5-1)8-13-9-11-4-2-6-14-11/h1,3,5,7-8,11H,2,4,6,9H2/t11-/m0/s1. The molecule has 3 heteroatoms. The van der Waals surface area contributed by atoms with E-state index in [1.165, 1.54) is 6.42 Å². The normalized spacial score (nSPS) is 21.9. The van der Waals surface area contributed by atoms with Gasteiger partial charge >= 0.3 is 0 Å². The second-order valence-electron chi connectivity index (χ2n) is 3.42. The summed E-state index contributed by atoms with van der Waals surface area (Å²) in [4.78, 5) is 8.35. The van der Waals surface area contributed by atoms with E-state index in [0.717, 1.165) is 25.1 Å². The van der Waals surface area contributed by atoms with E-state index in [0.29, 0.717) is 6.10 Å². The predicted octanol–water partition coefficient (Wildman–Crippen LogP) is 1.68. The Kier molecular flexibility index (Phi) is 3.24. The van der Waals surface area contributed by atoms with E-state index in [1.807, 2.05) is 18.3 Å². The highest BCUT2D eigenvalue weighted by Gasteiger charge is 2.13. The van der Waals surface area contributed by atoms with Gasteiger partial charge in [0.05, 0.1) is 12.6 Å². The molecule has 1 atom stereocenters. The van der Waals surface area contributed by atoms with E-state index in [1.54, 1.807) is 12.4 Å². The van der Waals surface area contributed by atoms with Crippen LogP contribution in [0.1, 0.15) is 18.4 Å². The molecule has 3 nitrogen and oxygen atoms in total. The van der Waals surface area contributed by atoms with Gasteiger partial charge in [0.1, 0.15) is 0 Å². The minimum absolute atomic E-state index is 0.336. The summed E-state index contributed by atoms with van der Waals surface area (Å²) in [5.74, 6) is 0. The summed E-state index contributed by atoms with van der Waals surface area (Å²) < 4.78 is 5.46. The first kappa shape index (κ1) is 9.34. The lowest BCUT2D eigenvalue weighted by Gasteiger charge is -2.03. The van der Waals surface area contributed by atoms with Crippen LogP contribution in [0.15, 0.2) is 29.5 Å². The number of nitrogens with zero attached hydrogens (tertiary/aromatic N) is 2. The van der Waals surface area contributed by atoms with Crippen molar-refractivity contribution in [2.45, 2.75) is 18.9 Å². The molecule has 1 fully saturated rings. The van der Waals surface area contributed by atoms with Gasteiger partial charge in [-0.15, -0.1) is 0 Å². The lowest BCUT2D eigenvalue weighted by atomic mass is 10.2. The summed E-state index contributed by atoms with van der Waals surface area (Å²) in [6.07, 6.45) is 8.07. The molecule has 74 valence electrons. The third-order valence-corrected chi connectivity index (χ3v) is 2.26. The second kappa shape index (κ2) is 4.86. The first-order chi connectivity index (χ1) is 6.95. The van der Waals surface area contributed by atoms with Crippen LogP contribution in [0.4, 0.5) is 0 Å². The zero-order valence-corrected chi connectivity index (χ0v) is 8.10. The van der Waals surface area contributed by atoms with Crippen molar-refractivity contribution in [3.05, 3.63) is 30.1 Å². The Balaban J connectivity index is 1.82. The summed E-state index contributed by atoms with van der Waals surface area (Å²) in [5.41, 5.74) is 1.05. The Morgan fingerprint density at radius 2 is 2.64 bits per heavy atom. The molecule has 1 aromatic heterocycles. The largest absolute Gasteiger partial charge is 0.376 e. The second-order valence-corrected chi connectivity index (χ2v) is 3.42. The molecule has 14 heavy (non-hydrogen) atoms. The van der Waals surface area contributed by atoms with E-state index in [9.17, 15) is 0 Å². The maximum atomic E-state index is 5.46. The van der Waals surface area contributed by atoms with Gasteiger partial charge in [0, 0.05) is 30.8 Å². The van der Waals surface area contributed by atoms with Crippen molar-refractivity contribution in [2.75, 3.05) is 13.2 Å². The number of hydrogen-bond donors (Lipinski definition) is 0. The van der Waals surface area contributed by atoms with Crippen LogP contribution in [-0.4, -0.2) is 30.5 Å². The SMILES string of the molecule is C(=NC[C@@H]1CCCO1)c1cccnc1. The third kappa shape index (κ3) is 2.64. The average Bonchev–Trinajstić information content (AvgIpc) is 2.72. The van der Waals surface area contributed by atoms with Crippen LogP contribution in [0.5, 0.6) is 0 Å². The summed E-state index contributed by atoms with van der Waals surface area (Å²) in [7, 11) is 0. The molecule has 2 rings (SSSR count). The van der Waals surface area contributed by atoms with E-state index in [-0.39, 0.29) is 0 Å². The smallest absolute Gasteiger partial charge is 0.0771 e. The van der Waals surface area contributed by atoms with Crippen molar-refractivity contribution in [3.63, 3.8) is 0 Å². The Bertz CT molecular complexity index is 291. The van der Waals surface area contributed by atoms with Crippen molar-refractivity contribution >= 4 is 6.21 Å². The molecule has 0 aliphatic carbocycles. The van der Waals surface area contributed by atoms with E-state index < -0.39 is 0 Å². The maximum Gasteiger partial charge on any atom is 0.0771 e. The molecule has 0 aromatic carbocycles. The van der Waals surface area contributed by atoms with Crippen LogP contribution in [0.2, 0.25) is 0 Å². The molecule has 1 saturated heterocycles. The third-order valence-electron chi connectivity index (χ3n) is 2.26. The van der Waals surface area contributed by atoms with Crippen LogP contribution < -0.4 is 0 Å². The summed E-state index contributed by atoms with van der Waals surface area (Å²) in [5, 5.41) is 0. The zero-order chi connectivity index (χ0) is 9.64. The molecule has 1 aliphatic heterocycles. The first-order valence-corrected chi connectivity index (χ1v) is 4.96. The van der Waals surface area contributed by atoms with Crippen LogP contribution in [0.25, 0.3) is 0 Å². The first-order valence-electron chi connectivity index (χ1n) is 4.96. The summed E-state index contributed by atoms with van der Waals surface area (Å²) >= 11 is 0. The Hall–Kier alpha value is -1.22. The quantitative estimate of drug-likeness (QED) is 0.679. The number of pyridine rings is 1. The number of aromatic nitrogens is 1. The number of ether oxygens (including phenoxy) is 1. The zero-order valence-electron chi connectivity index (χ0n) is 8.10. The van der Waals surface area contributed by atoms with Crippen molar-refractivity contribution in [3.8, 4) is 0 Å². The summed E-state index contributed by atoms with van der Waals surface area (Å²) in [6, 6.07) is 3.90. The minimum Gasteiger partial charge on any atom is -0.376 e. The molecule has 2 heterocycles. The minimum atomic E-state index is 0.336. The monoisotopic (exact) mass is 190 g/mol. The average molecular weight is 190 g/mol. The van der Waals surface area contributed by atoms with Crippen molar-refractivity contribution < 1.29 is 4.74 Å². The molecule has 0 amide bonds. The highest BCUT2D eigenvalue weighted by molar-refractivity contribution is 5.78. The Labute approximate surface area is 83.8 Å². The predicted molar refractivity (Wildman–Crippen MR) is 55.7 cm³/mol. The van der Waals surface area contributed by atoms with Crippen LogP contribution >= 0.6 is 0 Å². The number of rotatable bonds is 3. The van der Waals surface area contributed by atoms with Gasteiger partial charge in [-0.05, 0) is 18.9 Å². The van der Waals surface area contributed by atoms with E-state index in [2.05, 4.69) is 9.98 Å². The van der Waals surface area contributed by atoms with Crippen LogP contribution in [0, 0.1) is 0 Å². The molecule has 0 radical (unpaired) electrons. The lowest BCUT2D eigenvalue weighted by Crippen LogP contribution is -2.08. The molecule has 0 N–H and O–H groups in total. The number of hydrogen-bond acceptors (Lipinski definition) is 3. The highest BCUT2D eigenvalue weighted by Crippen LogP contribution is 2.11. The molecule has 0 spiro atoms. The Morgan fingerprint density at radius 3 is 3.36 bits per heavy atom. The van der Waals surface area contributed by atoms with E-state index >= 15 is 0 Å². The fourth-order valence-electron chi connectivity index (χ4n) is 1.52. The fraction of sp³-hybridized carbons (Fsp3) is 0.455. The molecular formula is C11H14N2O. The molecule has 0 bridgehead atoms. The molecule has 0 unspecified atom stereocenters. The van der Waals surface area contributed by atoms with Gasteiger partial charge in [0.15, 0.2) is 0 Å². The van der Waals surface area contributed by atoms with Crippen LogP contribution in [-0.2, 0) is 4.74 Å². The van der Waals surface area contributed by atoms with Gasteiger partial charge in [-0.25, -0.2) is 0 Å². The van der Waals surface area contributed by atoms with Gasteiger partial charge in [0.2, 0.25) is 0 Å². The van der Waals surface area contributed by atoms with Gasteiger partial charge in [-0.3, -0.25) is 9.98 Å². The molecule has 0 saturated carbocycles. The van der Waals surface area contributed by atoms with Crippen molar-refractivity contribution in [2.24, 2.45) is 4.99 Å². The van der Waals surface area contributed by atoms with Gasteiger partial charge in [0.25, 0.3) is 0 Å². The van der Waals surface area contributed by atoms with Gasteiger partial charge < -0.3 is 4.74 Å². The molecule has 1 aromatic rings. The summed E-state index contributed by atoms with van der Waals surface area (Å²) in [6.45, 7) is 1.67. The van der Waals surface area contributed by atoms with E-state index in [4.69, 9.17) is 4.74 Å². The molecule has 1 aliphatic rings. The molecular weight excluding hydrogens is 176 g/mol. The fourth-order valence-corrected chi connectivity index (χ4v) is 1.52. The lowest BCUT2D eigenvalue weighted by molar-refractivity contribution is 0.118. The topological polar surface area (TPSA) is 34.5 Å². The van der Waals surface area contributed by atoms with Gasteiger partial charge in [-0.1, -0.05) is 6.07 Å². The van der Waals surface area contributed by atoms with Crippen LogP contribution in [0.3, 0.4) is 0 Å². The van der Waals surface area contributed by atoms with Crippen molar-refractivity contribution in [1.29, 1.82) is 0 Å². The van der Waals surface area contributed by atoms with Gasteiger partial charge in [-0.2, -0.15) is 0 Å².